The van der Waals surface area contributed by atoms with E-state index in [9.17, 15) is 0 Å². The third kappa shape index (κ3) is 8.35. The molecule has 0 aromatic heterocycles. The molecule has 0 amide bonds. The van der Waals surface area contributed by atoms with Crippen LogP contribution in [0, 0.1) is 0 Å². The summed E-state index contributed by atoms with van der Waals surface area (Å²) in [7, 11) is 0.306. The third-order valence-corrected chi connectivity index (χ3v) is 1.34. The maximum atomic E-state index is 7.14. The van der Waals surface area contributed by atoms with Crippen molar-refractivity contribution in [3.05, 3.63) is 0 Å². The Bertz CT molecular complexity index is 34.5. The molecule has 0 aliphatic rings. The Morgan fingerprint density at radius 2 is 1.22 bits per heavy atom. The van der Waals surface area contributed by atoms with E-state index in [1.807, 2.05) is 0 Å². The molecule has 0 fully saturated rings. The summed E-state index contributed by atoms with van der Waals surface area (Å²) < 4.78 is 0. The molecule has 0 aromatic carbocycles. The molecule has 0 aromatic rings. The van der Waals surface area contributed by atoms with Crippen LogP contribution in [-0.2, 0) is 0 Å². The molecular formula is C6H20NOP. The van der Waals surface area contributed by atoms with Crippen molar-refractivity contribution in [1.82, 2.24) is 4.90 Å². The van der Waals surface area contributed by atoms with Gasteiger partial charge in [-0.2, -0.15) is 0 Å². The van der Waals surface area contributed by atoms with E-state index >= 15 is 0 Å². The average Bonchev–Trinajstić information content (AvgIpc) is 1.96. The second-order valence-corrected chi connectivity index (χ2v) is 1.62. The maximum absolute atomic E-state index is 7.14. The number of hydrogen-bond acceptors (Lipinski definition) is 2. The van der Waals surface area contributed by atoms with Gasteiger partial charge in [-0.1, -0.05) is 20.8 Å². The summed E-state index contributed by atoms with van der Waals surface area (Å²) in [5.74, 6) is 0. The molecule has 0 radical (unpaired) electrons. The van der Waals surface area contributed by atoms with E-state index in [-0.39, 0.29) is 0 Å². The first-order chi connectivity index (χ1) is 4.35. The van der Waals surface area contributed by atoms with Gasteiger partial charge >= 0.3 is 14.4 Å². The van der Waals surface area contributed by atoms with Crippen molar-refractivity contribution in [1.29, 1.82) is 0 Å². The SMILES string of the molecule is CCN(CC)CC.O[PH4]. The third-order valence-electron chi connectivity index (χ3n) is 1.34. The number of rotatable bonds is 3. The van der Waals surface area contributed by atoms with Crippen molar-refractivity contribution in [3.63, 3.8) is 0 Å². The molecule has 0 saturated heterocycles. The van der Waals surface area contributed by atoms with Gasteiger partial charge in [-0.25, -0.2) is 0 Å². The van der Waals surface area contributed by atoms with E-state index in [2.05, 4.69) is 25.7 Å². The Morgan fingerprint density at radius 1 is 1.00 bits per heavy atom. The van der Waals surface area contributed by atoms with E-state index in [0.717, 1.165) is 0 Å². The van der Waals surface area contributed by atoms with E-state index in [4.69, 9.17) is 4.89 Å². The molecule has 9 heavy (non-hydrogen) atoms. The van der Waals surface area contributed by atoms with E-state index in [1.165, 1.54) is 19.6 Å². The van der Waals surface area contributed by atoms with Crippen LogP contribution in [0.25, 0.3) is 0 Å². The first-order valence-electron chi connectivity index (χ1n) is 3.52. The van der Waals surface area contributed by atoms with Crippen LogP contribution in [0.5, 0.6) is 0 Å². The average molecular weight is 153 g/mol. The van der Waals surface area contributed by atoms with Gasteiger partial charge in [0.15, 0.2) is 0 Å². The zero-order valence-electron chi connectivity index (χ0n) is 7.02. The van der Waals surface area contributed by atoms with Gasteiger partial charge in [0, 0.05) is 0 Å². The van der Waals surface area contributed by atoms with Gasteiger partial charge in [0.1, 0.15) is 0 Å². The minimum atomic E-state index is 0.306. The molecule has 0 aliphatic carbocycles. The van der Waals surface area contributed by atoms with Crippen LogP contribution in [0.4, 0.5) is 0 Å². The molecule has 2 nitrogen and oxygen atoms in total. The van der Waals surface area contributed by atoms with Gasteiger partial charge in [0.25, 0.3) is 0 Å². The Hall–Kier alpha value is 0.350. The van der Waals surface area contributed by atoms with Gasteiger partial charge < -0.3 is 4.90 Å². The first-order valence-corrected chi connectivity index (χ1v) is 4.41. The molecule has 0 heterocycles. The van der Waals surface area contributed by atoms with Crippen LogP contribution in [0.15, 0.2) is 0 Å². The van der Waals surface area contributed by atoms with Crippen molar-refractivity contribution in [2.24, 2.45) is 0 Å². The summed E-state index contributed by atoms with van der Waals surface area (Å²) in [6, 6.07) is 0. The predicted molar refractivity (Wildman–Crippen MR) is 48.2 cm³/mol. The monoisotopic (exact) mass is 153 g/mol. The topological polar surface area (TPSA) is 23.5 Å². The molecule has 3 heteroatoms. The second-order valence-electron chi connectivity index (χ2n) is 1.62. The van der Waals surface area contributed by atoms with Gasteiger partial charge in [-0.3, -0.25) is 0 Å². The fourth-order valence-electron chi connectivity index (χ4n) is 0.671. The van der Waals surface area contributed by atoms with Crippen LogP contribution < -0.4 is 0 Å². The van der Waals surface area contributed by atoms with E-state index in [1.54, 1.807) is 0 Å². The van der Waals surface area contributed by atoms with Crippen LogP contribution >= 0.6 is 9.47 Å². The quantitative estimate of drug-likeness (QED) is 0.599. The van der Waals surface area contributed by atoms with Crippen LogP contribution in [0.3, 0.4) is 0 Å². The van der Waals surface area contributed by atoms with Crippen molar-refractivity contribution in [2.75, 3.05) is 19.6 Å². The Labute approximate surface area is 60.5 Å². The number of nitrogens with zero attached hydrogens (tertiary/aromatic N) is 1. The van der Waals surface area contributed by atoms with Crippen LogP contribution in [-0.4, -0.2) is 29.4 Å². The molecule has 0 atom stereocenters. The normalized spacial score (nSPS) is 8.78. The fraction of sp³-hybridized carbons (Fsp3) is 1.00. The summed E-state index contributed by atoms with van der Waals surface area (Å²) in [4.78, 5) is 9.51. The summed E-state index contributed by atoms with van der Waals surface area (Å²) in [5, 5.41) is 0. The van der Waals surface area contributed by atoms with E-state index in [0.29, 0.717) is 9.47 Å². The predicted octanol–water partition coefficient (Wildman–Crippen LogP) is 0.581. The molecule has 60 valence electrons. The van der Waals surface area contributed by atoms with Gasteiger partial charge in [0.05, 0.1) is 0 Å². The molecule has 0 aliphatic heterocycles. The van der Waals surface area contributed by atoms with Gasteiger partial charge in [0.2, 0.25) is 0 Å². The summed E-state index contributed by atoms with van der Waals surface area (Å²) in [5.41, 5.74) is 0. The molecule has 0 bridgehead atoms. The van der Waals surface area contributed by atoms with Crippen molar-refractivity contribution in [3.8, 4) is 0 Å². The van der Waals surface area contributed by atoms with Crippen LogP contribution in [0.1, 0.15) is 20.8 Å². The summed E-state index contributed by atoms with van der Waals surface area (Å²) in [6.45, 7) is 10.1. The standard InChI is InChI=1S/C6H15N.H5OP/c1-4-7(5-2)6-3;1-2/h4-6H2,1-3H3;1H,2H4. The Morgan fingerprint density at radius 3 is 1.22 bits per heavy atom. The van der Waals surface area contributed by atoms with Crippen molar-refractivity contribution in [2.45, 2.75) is 20.8 Å². The van der Waals surface area contributed by atoms with Gasteiger partial charge in [-0.05, 0) is 19.6 Å². The molecule has 0 rings (SSSR count). The minimum absolute atomic E-state index is 0.306. The molecule has 0 unspecified atom stereocenters. The Balaban J connectivity index is 0. The number of hydrogen-bond donors (Lipinski definition) is 1. The van der Waals surface area contributed by atoms with E-state index < -0.39 is 0 Å². The van der Waals surface area contributed by atoms with Crippen molar-refractivity contribution < 1.29 is 4.89 Å². The molecule has 0 saturated carbocycles. The second kappa shape index (κ2) is 11.2. The zero-order valence-corrected chi connectivity index (χ0v) is 9.02. The van der Waals surface area contributed by atoms with Crippen molar-refractivity contribution >= 4 is 9.47 Å². The molecule has 0 spiro atoms. The zero-order chi connectivity index (χ0) is 7.70. The van der Waals surface area contributed by atoms with Crippen LogP contribution in [0.2, 0.25) is 0 Å². The summed E-state index contributed by atoms with van der Waals surface area (Å²) in [6.07, 6.45) is 0. The summed E-state index contributed by atoms with van der Waals surface area (Å²) >= 11 is 0. The first kappa shape index (κ1) is 12.1. The van der Waals surface area contributed by atoms with Gasteiger partial charge in [-0.15, -0.1) is 0 Å². The molecular weight excluding hydrogens is 133 g/mol. The Kier molecular flexibility index (Phi) is 15.0. The molecule has 1 N–H and O–H groups in total. The fourth-order valence-corrected chi connectivity index (χ4v) is 0.671.